The first kappa shape index (κ1) is 12.0. The molecule has 1 heterocycles. The molecule has 1 saturated carbocycles. The first-order chi connectivity index (χ1) is 9.35. The van der Waals surface area contributed by atoms with Gasteiger partial charge in [-0.3, -0.25) is 0 Å². The minimum Gasteiger partial charge on any atom is -0.490 e. The summed E-state index contributed by atoms with van der Waals surface area (Å²) < 4.78 is 5.81. The van der Waals surface area contributed by atoms with Crippen LogP contribution in [0.3, 0.4) is 0 Å². The van der Waals surface area contributed by atoms with Crippen LogP contribution in [-0.4, -0.2) is 22.6 Å². The quantitative estimate of drug-likeness (QED) is 0.891. The Balaban J connectivity index is 1.85. The van der Waals surface area contributed by atoms with Gasteiger partial charge in [0.1, 0.15) is 5.75 Å². The average molecular weight is 255 g/mol. The Labute approximate surface area is 112 Å². The number of aromatic nitrogens is 2. The van der Waals surface area contributed by atoms with Crippen molar-refractivity contribution in [2.24, 2.45) is 0 Å². The van der Waals surface area contributed by atoms with Crippen LogP contribution >= 0.6 is 0 Å². The van der Waals surface area contributed by atoms with Gasteiger partial charge in [-0.25, -0.2) is 9.97 Å². The standard InChI is InChI=1S/C15H17N3O/c1-2-16-15-17-9-8-14(18-15)11-4-3-5-13(10-11)19-12-6-7-12/h3-5,8-10,12H,2,6-7H2,1H3,(H,16,17,18). The van der Waals surface area contributed by atoms with Crippen molar-refractivity contribution in [3.8, 4) is 17.0 Å². The zero-order valence-electron chi connectivity index (χ0n) is 11.0. The molecule has 3 rings (SSSR count). The van der Waals surface area contributed by atoms with E-state index in [0.29, 0.717) is 12.1 Å². The van der Waals surface area contributed by atoms with Crippen LogP contribution in [0.2, 0.25) is 0 Å². The number of hydrogen-bond donors (Lipinski definition) is 1. The van der Waals surface area contributed by atoms with E-state index in [1.54, 1.807) is 6.20 Å². The predicted molar refractivity (Wildman–Crippen MR) is 75.3 cm³/mol. The second-order valence-electron chi connectivity index (χ2n) is 4.64. The number of ether oxygens (including phenoxy) is 1. The molecule has 1 aliphatic rings. The van der Waals surface area contributed by atoms with Gasteiger partial charge in [0, 0.05) is 18.3 Å². The highest BCUT2D eigenvalue weighted by Crippen LogP contribution is 2.29. The molecule has 19 heavy (non-hydrogen) atoms. The summed E-state index contributed by atoms with van der Waals surface area (Å²) in [6, 6.07) is 9.99. The Morgan fingerprint density at radius 3 is 3.00 bits per heavy atom. The topological polar surface area (TPSA) is 47.0 Å². The van der Waals surface area contributed by atoms with Crippen molar-refractivity contribution in [3.05, 3.63) is 36.5 Å². The molecule has 0 aliphatic heterocycles. The van der Waals surface area contributed by atoms with Crippen LogP contribution in [0, 0.1) is 0 Å². The summed E-state index contributed by atoms with van der Waals surface area (Å²) in [4.78, 5) is 8.67. The molecule has 4 nitrogen and oxygen atoms in total. The summed E-state index contributed by atoms with van der Waals surface area (Å²) >= 11 is 0. The predicted octanol–water partition coefficient (Wildman–Crippen LogP) is 3.12. The van der Waals surface area contributed by atoms with Gasteiger partial charge in [-0.1, -0.05) is 12.1 Å². The number of benzene rings is 1. The summed E-state index contributed by atoms with van der Waals surface area (Å²) in [7, 11) is 0. The molecule has 1 aliphatic carbocycles. The van der Waals surface area contributed by atoms with Gasteiger partial charge in [0.05, 0.1) is 11.8 Å². The molecular formula is C15H17N3O. The van der Waals surface area contributed by atoms with E-state index in [4.69, 9.17) is 4.74 Å². The average Bonchev–Trinajstić information content (AvgIpc) is 3.24. The molecule has 0 radical (unpaired) electrons. The Morgan fingerprint density at radius 1 is 1.32 bits per heavy atom. The first-order valence-corrected chi connectivity index (χ1v) is 6.69. The van der Waals surface area contributed by atoms with E-state index in [1.807, 2.05) is 37.3 Å². The smallest absolute Gasteiger partial charge is 0.223 e. The van der Waals surface area contributed by atoms with Crippen LogP contribution < -0.4 is 10.1 Å². The van der Waals surface area contributed by atoms with Gasteiger partial charge in [-0.05, 0) is 38.0 Å². The number of nitrogens with one attached hydrogen (secondary N) is 1. The molecule has 98 valence electrons. The van der Waals surface area contributed by atoms with Crippen molar-refractivity contribution in [3.63, 3.8) is 0 Å². The summed E-state index contributed by atoms with van der Waals surface area (Å²) in [6.45, 7) is 2.84. The molecule has 0 atom stereocenters. The van der Waals surface area contributed by atoms with Crippen molar-refractivity contribution < 1.29 is 4.74 Å². The molecule has 2 aromatic rings. The fourth-order valence-electron chi connectivity index (χ4n) is 1.87. The molecule has 0 amide bonds. The molecule has 0 unspecified atom stereocenters. The molecule has 1 N–H and O–H groups in total. The van der Waals surface area contributed by atoms with E-state index in [0.717, 1.165) is 23.6 Å². The van der Waals surface area contributed by atoms with Crippen molar-refractivity contribution in [1.29, 1.82) is 0 Å². The molecule has 1 aromatic carbocycles. The van der Waals surface area contributed by atoms with E-state index in [1.165, 1.54) is 12.8 Å². The maximum Gasteiger partial charge on any atom is 0.223 e. The lowest BCUT2D eigenvalue weighted by molar-refractivity contribution is 0.303. The van der Waals surface area contributed by atoms with E-state index in [9.17, 15) is 0 Å². The third-order valence-electron chi connectivity index (χ3n) is 2.95. The minimum atomic E-state index is 0.415. The number of rotatable bonds is 5. The van der Waals surface area contributed by atoms with Crippen molar-refractivity contribution in [2.75, 3.05) is 11.9 Å². The zero-order chi connectivity index (χ0) is 13.1. The lowest BCUT2D eigenvalue weighted by Gasteiger charge is -2.07. The maximum atomic E-state index is 5.81. The highest BCUT2D eigenvalue weighted by Gasteiger charge is 2.23. The molecule has 0 saturated heterocycles. The molecule has 1 aromatic heterocycles. The maximum absolute atomic E-state index is 5.81. The molecule has 4 heteroatoms. The van der Waals surface area contributed by atoms with Crippen molar-refractivity contribution in [2.45, 2.75) is 25.9 Å². The van der Waals surface area contributed by atoms with Gasteiger partial charge in [0.25, 0.3) is 0 Å². The third-order valence-corrected chi connectivity index (χ3v) is 2.95. The Morgan fingerprint density at radius 2 is 2.21 bits per heavy atom. The van der Waals surface area contributed by atoms with Crippen LogP contribution in [0.25, 0.3) is 11.3 Å². The molecular weight excluding hydrogens is 238 g/mol. The van der Waals surface area contributed by atoms with Crippen molar-refractivity contribution in [1.82, 2.24) is 9.97 Å². The summed E-state index contributed by atoms with van der Waals surface area (Å²) in [6.07, 6.45) is 4.53. The van der Waals surface area contributed by atoms with Gasteiger partial charge in [-0.15, -0.1) is 0 Å². The van der Waals surface area contributed by atoms with Gasteiger partial charge >= 0.3 is 0 Å². The largest absolute Gasteiger partial charge is 0.490 e. The third kappa shape index (κ3) is 3.02. The molecule has 0 spiro atoms. The number of anilines is 1. The molecule has 1 fully saturated rings. The van der Waals surface area contributed by atoms with Crippen molar-refractivity contribution >= 4 is 5.95 Å². The SMILES string of the molecule is CCNc1nccc(-c2cccc(OC3CC3)c2)n1. The van der Waals surface area contributed by atoms with Crippen LogP contribution in [0.15, 0.2) is 36.5 Å². The Kier molecular flexibility index (Phi) is 3.31. The highest BCUT2D eigenvalue weighted by molar-refractivity contribution is 5.62. The zero-order valence-corrected chi connectivity index (χ0v) is 11.0. The van der Waals surface area contributed by atoms with Gasteiger partial charge in [0.2, 0.25) is 5.95 Å². The monoisotopic (exact) mass is 255 g/mol. The second kappa shape index (κ2) is 5.26. The normalized spacial score (nSPS) is 14.2. The van der Waals surface area contributed by atoms with E-state index in [2.05, 4.69) is 15.3 Å². The van der Waals surface area contributed by atoms with Gasteiger partial charge in [-0.2, -0.15) is 0 Å². The van der Waals surface area contributed by atoms with Crippen LogP contribution in [0.4, 0.5) is 5.95 Å². The van der Waals surface area contributed by atoms with Crippen LogP contribution in [0.5, 0.6) is 5.75 Å². The van der Waals surface area contributed by atoms with Crippen LogP contribution in [0.1, 0.15) is 19.8 Å². The Hall–Kier alpha value is -2.10. The molecule has 0 bridgehead atoms. The van der Waals surface area contributed by atoms with E-state index < -0.39 is 0 Å². The number of hydrogen-bond acceptors (Lipinski definition) is 4. The van der Waals surface area contributed by atoms with Gasteiger partial charge in [0.15, 0.2) is 0 Å². The van der Waals surface area contributed by atoms with Crippen LogP contribution in [-0.2, 0) is 0 Å². The number of nitrogens with zero attached hydrogens (tertiary/aromatic N) is 2. The summed E-state index contributed by atoms with van der Waals surface area (Å²) in [5.41, 5.74) is 1.96. The minimum absolute atomic E-state index is 0.415. The second-order valence-corrected chi connectivity index (χ2v) is 4.64. The summed E-state index contributed by atoms with van der Waals surface area (Å²) in [5, 5.41) is 3.12. The fraction of sp³-hybridized carbons (Fsp3) is 0.333. The Bertz CT molecular complexity index is 567. The lowest BCUT2D eigenvalue weighted by Crippen LogP contribution is -2.02. The van der Waals surface area contributed by atoms with E-state index in [-0.39, 0.29) is 0 Å². The highest BCUT2D eigenvalue weighted by atomic mass is 16.5. The fourth-order valence-corrected chi connectivity index (χ4v) is 1.87. The van der Waals surface area contributed by atoms with E-state index >= 15 is 0 Å². The summed E-state index contributed by atoms with van der Waals surface area (Å²) in [5.74, 6) is 1.58. The van der Waals surface area contributed by atoms with Gasteiger partial charge < -0.3 is 10.1 Å². The lowest BCUT2D eigenvalue weighted by atomic mass is 10.1. The first-order valence-electron chi connectivity index (χ1n) is 6.69.